The molecule has 1 aliphatic heterocycles. The number of aromatic carboxylic acids is 1. The number of nitrogen functional groups attached to an aromatic ring is 1. The fourth-order valence-electron chi connectivity index (χ4n) is 2.56. The average molecular weight is 275 g/mol. The zero-order valence-electron chi connectivity index (χ0n) is 11.0. The number of hydrogen-bond acceptors (Lipinski definition) is 5. The van der Waals surface area contributed by atoms with Gasteiger partial charge in [0, 0.05) is 32.4 Å². The van der Waals surface area contributed by atoms with Crippen LogP contribution in [0.25, 0.3) is 5.52 Å². The summed E-state index contributed by atoms with van der Waals surface area (Å²) in [7, 11) is 0. The maximum Gasteiger partial charge on any atom is 0.356 e. The molecule has 0 aliphatic carbocycles. The third kappa shape index (κ3) is 2.21. The number of nitrogens with zero attached hydrogens (tertiary/aromatic N) is 3. The van der Waals surface area contributed by atoms with E-state index >= 15 is 0 Å². The molecule has 1 saturated heterocycles. The topological polar surface area (TPSA) is 95.9 Å². The molecule has 0 radical (unpaired) electrons. The second kappa shape index (κ2) is 5.10. The molecule has 0 bridgehead atoms. The van der Waals surface area contributed by atoms with Crippen molar-refractivity contribution < 1.29 is 9.90 Å². The van der Waals surface area contributed by atoms with Crippen LogP contribution in [-0.2, 0) is 6.54 Å². The van der Waals surface area contributed by atoms with E-state index in [1.807, 2.05) is 6.20 Å². The lowest BCUT2D eigenvalue weighted by Crippen LogP contribution is -2.43. The highest BCUT2D eigenvalue weighted by atomic mass is 16.4. The molecule has 0 amide bonds. The van der Waals surface area contributed by atoms with E-state index in [1.54, 1.807) is 16.5 Å². The first-order chi connectivity index (χ1) is 9.66. The number of imidazole rings is 1. The van der Waals surface area contributed by atoms with Gasteiger partial charge < -0.3 is 16.2 Å². The molecule has 106 valence electrons. The Morgan fingerprint density at radius 3 is 2.90 bits per heavy atom. The molecule has 2 aromatic heterocycles. The van der Waals surface area contributed by atoms with Crippen molar-refractivity contribution in [3.05, 3.63) is 29.8 Å². The normalized spacial score (nSPS) is 16.6. The molecule has 7 heteroatoms. The van der Waals surface area contributed by atoms with Crippen molar-refractivity contribution in [2.75, 3.05) is 31.9 Å². The number of carboxylic acid groups (broad SMARTS) is 1. The molecule has 2 aromatic rings. The van der Waals surface area contributed by atoms with Gasteiger partial charge in [0.15, 0.2) is 5.69 Å². The molecule has 1 fully saturated rings. The molecule has 4 N–H and O–H groups in total. The maximum atomic E-state index is 11.3. The van der Waals surface area contributed by atoms with Gasteiger partial charge in [-0.2, -0.15) is 0 Å². The zero-order valence-corrected chi connectivity index (χ0v) is 11.0. The number of nitrogens with two attached hydrogens (primary N) is 1. The van der Waals surface area contributed by atoms with E-state index < -0.39 is 5.97 Å². The molecule has 0 aromatic carbocycles. The fourth-order valence-corrected chi connectivity index (χ4v) is 2.56. The Morgan fingerprint density at radius 2 is 2.20 bits per heavy atom. The van der Waals surface area contributed by atoms with E-state index in [-0.39, 0.29) is 5.69 Å². The van der Waals surface area contributed by atoms with Crippen molar-refractivity contribution in [2.45, 2.75) is 6.54 Å². The Bertz CT molecular complexity index is 645. The van der Waals surface area contributed by atoms with Gasteiger partial charge >= 0.3 is 5.97 Å². The first kappa shape index (κ1) is 12.9. The van der Waals surface area contributed by atoms with Crippen LogP contribution in [0.4, 0.5) is 5.69 Å². The van der Waals surface area contributed by atoms with Crippen molar-refractivity contribution >= 4 is 17.2 Å². The predicted molar refractivity (Wildman–Crippen MR) is 74.7 cm³/mol. The minimum absolute atomic E-state index is 0.0215. The summed E-state index contributed by atoms with van der Waals surface area (Å²) in [5.74, 6) is -0.335. The molecule has 3 heterocycles. The number of nitrogens with one attached hydrogen (secondary N) is 1. The summed E-state index contributed by atoms with van der Waals surface area (Å²) >= 11 is 0. The van der Waals surface area contributed by atoms with Gasteiger partial charge in [0.05, 0.1) is 12.2 Å². The van der Waals surface area contributed by atoms with E-state index in [9.17, 15) is 9.90 Å². The van der Waals surface area contributed by atoms with E-state index in [1.165, 1.54) is 0 Å². The molecule has 20 heavy (non-hydrogen) atoms. The first-order valence-electron chi connectivity index (χ1n) is 6.58. The van der Waals surface area contributed by atoms with Gasteiger partial charge in [-0.15, -0.1) is 0 Å². The van der Waals surface area contributed by atoms with Crippen molar-refractivity contribution in [2.24, 2.45) is 0 Å². The highest BCUT2D eigenvalue weighted by Crippen LogP contribution is 2.21. The van der Waals surface area contributed by atoms with Gasteiger partial charge in [-0.25, -0.2) is 9.78 Å². The number of fused-ring (bicyclic) bond motifs is 1. The standard InChI is InChI=1S/C13H17N5O2/c14-9-2-1-5-18-10(8-17-6-3-15-4-7-17)16-11(12(9)18)13(19)20/h1-2,5,15H,3-4,6-8,14H2,(H,19,20). The fraction of sp³-hybridized carbons (Fsp3) is 0.385. The SMILES string of the molecule is Nc1cccn2c(CN3CCNCC3)nc(C(=O)O)c12. The number of aromatic nitrogens is 2. The molecular weight excluding hydrogens is 258 g/mol. The van der Waals surface area contributed by atoms with Gasteiger partial charge in [0.1, 0.15) is 11.3 Å². The maximum absolute atomic E-state index is 11.3. The Kier molecular flexibility index (Phi) is 3.29. The van der Waals surface area contributed by atoms with Crippen molar-refractivity contribution in [3.8, 4) is 0 Å². The van der Waals surface area contributed by atoms with Gasteiger partial charge in [0.25, 0.3) is 0 Å². The molecule has 7 nitrogen and oxygen atoms in total. The largest absolute Gasteiger partial charge is 0.476 e. The van der Waals surface area contributed by atoms with E-state index in [2.05, 4.69) is 15.2 Å². The number of piperazine rings is 1. The Balaban J connectivity index is 2.02. The van der Waals surface area contributed by atoms with E-state index in [0.29, 0.717) is 23.6 Å². The predicted octanol–water partition coefficient (Wildman–Crippen LogP) is 0.0199. The number of hydrogen-bond donors (Lipinski definition) is 3. The summed E-state index contributed by atoms with van der Waals surface area (Å²) in [6.07, 6.45) is 1.81. The highest BCUT2D eigenvalue weighted by molar-refractivity contribution is 5.97. The highest BCUT2D eigenvalue weighted by Gasteiger charge is 2.20. The van der Waals surface area contributed by atoms with Gasteiger partial charge in [-0.3, -0.25) is 9.30 Å². The second-order valence-corrected chi connectivity index (χ2v) is 4.89. The summed E-state index contributed by atoms with van der Waals surface area (Å²) in [6, 6.07) is 3.49. The molecule has 0 atom stereocenters. The van der Waals surface area contributed by atoms with Crippen molar-refractivity contribution in [1.82, 2.24) is 19.6 Å². The Hall–Kier alpha value is -2.12. The lowest BCUT2D eigenvalue weighted by molar-refractivity contribution is 0.0693. The third-order valence-electron chi connectivity index (χ3n) is 3.55. The first-order valence-corrected chi connectivity index (χ1v) is 6.58. The van der Waals surface area contributed by atoms with E-state index in [4.69, 9.17) is 5.73 Å². The third-order valence-corrected chi connectivity index (χ3v) is 3.55. The lowest BCUT2D eigenvalue weighted by atomic mass is 10.3. The summed E-state index contributed by atoms with van der Waals surface area (Å²) in [6.45, 7) is 4.37. The van der Waals surface area contributed by atoms with Gasteiger partial charge in [0.2, 0.25) is 0 Å². The zero-order chi connectivity index (χ0) is 14.1. The van der Waals surface area contributed by atoms with Crippen LogP contribution in [0, 0.1) is 0 Å². The van der Waals surface area contributed by atoms with Crippen LogP contribution in [0.5, 0.6) is 0 Å². The van der Waals surface area contributed by atoms with Crippen molar-refractivity contribution in [1.29, 1.82) is 0 Å². The van der Waals surface area contributed by atoms with Crippen LogP contribution < -0.4 is 11.1 Å². The molecule has 0 saturated carbocycles. The van der Waals surface area contributed by atoms with Crippen LogP contribution in [0.2, 0.25) is 0 Å². The molecule has 0 spiro atoms. The molecule has 0 unspecified atom stereocenters. The lowest BCUT2D eigenvalue weighted by Gasteiger charge is -2.26. The van der Waals surface area contributed by atoms with Crippen LogP contribution >= 0.6 is 0 Å². The van der Waals surface area contributed by atoms with Crippen LogP contribution in [0.15, 0.2) is 18.3 Å². The molecule has 3 rings (SSSR count). The molecule has 1 aliphatic rings. The summed E-state index contributed by atoms with van der Waals surface area (Å²) in [5, 5.41) is 12.6. The molecular formula is C13H17N5O2. The van der Waals surface area contributed by atoms with Crippen molar-refractivity contribution in [3.63, 3.8) is 0 Å². The van der Waals surface area contributed by atoms with E-state index in [0.717, 1.165) is 26.2 Å². The van der Waals surface area contributed by atoms with Crippen LogP contribution in [0.1, 0.15) is 16.3 Å². The Labute approximate surface area is 116 Å². The smallest absolute Gasteiger partial charge is 0.356 e. The summed E-state index contributed by atoms with van der Waals surface area (Å²) < 4.78 is 1.78. The number of pyridine rings is 1. The summed E-state index contributed by atoms with van der Waals surface area (Å²) in [5.41, 5.74) is 6.83. The number of rotatable bonds is 3. The van der Waals surface area contributed by atoms with Crippen LogP contribution in [-0.4, -0.2) is 51.5 Å². The summed E-state index contributed by atoms with van der Waals surface area (Å²) in [4.78, 5) is 17.8. The van der Waals surface area contributed by atoms with Gasteiger partial charge in [-0.05, 0) is 12.1 Å². The Morgan fingerprint density at radius 1 is 1.45 bits per heavy atom. The number of anilines is 1. The second-order valence-electron chi connectivity index (χ2n) is 4.89. The van der Waals surface area contributed by atoms with Gasteiger partial charge in [-0.1, -0.05) is 0 Å². The number of carboxylic acids is 1. The monoisotopic (exact) mass is 275 g/mol. The average Bonchev–Trinajstić information content (AvgIpc) is 2.81. The van der Waals surface area contributed by atoms with Crippen LogP contribution in [0.3, 0.4) is 0 Å². The minimum Gasteiger partial charge on any atom is -0.476 e. The quantitative estimate of drug-likeness (QED) is 0.731. The minimum atomic E-state index is -1.05. The number of carbonyl (C=O) groups is 1.